The van der Waals surface area contributed by atoms with Crippen LogP contribution in [0.5, 0.6) is 0 Å². The van der Waals surface area contributed by atoms with Crippen LogP contribution in [0.4, 0.5) is 0 Å². The van der Waals surface area contributed by atoms with Gasteiger partial charge < -0.3 is 37.1 Å². The van der Waals surface area contributed by atoms with E-state index in [1.165, 1.54) is 0 Å². The van der Waals surface area contributed by atoms with Crippen LogP contribution in [0.3, 0.4) is 0 Å². The molecule has 0 bridgehead atoms. The summed E-state index contributed by atoms with van der Waals surface area (Å²) in [7, 11) is 0.357. The Hall–Kier alpha value is 1.58. The zero-order valence-electron chi connectivity index (χ0n) is 9.05. The number of hydrogen-bond donors (Lipinski definition) is 0. The molecule has 0 amide bonds. The molecule has 0 N–H and O–H groups in total. The van der Waals surface area contributed by atoms with Crippen molar-refractivity contribution in [1.82, 2.24) is 0 Å². The topological polar surface area (TPSA) is 0 Å². The minimum absolute atomic E-state index is 0. The molecule has 0 saturated heterocycles. The molecule has 0 aromatic rings. The van der Waals surface area contributed by atoms with Gasteiger partial charge in [0.05, 0.1) is 0 Å². The first-order valence-corrected chi connectivity index (χ1v) is 16.4. The van der Waals surface area contributed by atoms with E-state index in [1.807, 2.05) is 12.2 Å². The molecule has 0 heterocycles. The monoisotopic (exact) mass is 586 g/mol. The second kappa shape index (κ2) is 37.4. The fourth-order valence-corrected chi connectivity index (χ4v) is 0.340. The van der Waals surface area contributed by atoms with Gasteiger partial charge in [0, 0.05) is 0 Å². The van der Waals surface area contributed by atoms with Crippen LogP contribution in [-0.2, 0) is 10.3 Å². The van der Waals surface area contributed by atoms with Gasteiger partial charge >= 0.3 is 49.7 Å². The van der Waals surface area contributed by atoms with Crippen molar-refractivity contribution < 1.29 is 10.3 Å². The molecule has 1 aliphatic carbocycles. The van der Waals surface area contributed by atoms with Crippen molar-refractivity contribution in [1.29, 1.82) is 0 Å². The summed E-state index contributed by atoms with van der Waals surface area (Å²) in [6, 6.07) is 0. The van der Waals surface area contributed by atoms with Crippen molar-refractivity contribution in [2.45, 2.75) is 6.42 Å². The first kappa shape index (κ1) is 36.5. The third-order valence-electron chi connectivity index (χ3n) is 0.586. The van der Waals surface area contributed by atoms with Crippen molar-refractivity contribution in [2.24, 2.45) is 0 Å². The molecule has 0 aromatic carbocycles. The molecule has 3 heteroatoms. The van der Waals surface area contributed by atoms with Crippen molar-refractivity contribution in [2.75, 3.05) is 0 Å². The van der Waals surface area contributed by atoms with Crippen LogP contribution in [0.2, 0.25) is 0 Å². The van der Waals surface area contributed by atoms with Gasteiger partial charge in [0.1, 0.15) is 0 Å². The van der Waals surface area contributed by atoms with Crippen molar-refractivity contribution >= 4 is 39.3 Å². The summed E-state index contributed by atoms with van der Waals surface area (Å²) in [5.74, 6) is 0. The van der Waals surface area contributed by atoms with E-state index in [0.29, 0.717) is 10.3 Å². The molecule has 0 spiro atoms. The minimum atomic E-state index is 0. The first-order valence-electron chi connectivity index (χ1n) is 1.98. The van der Waals surface area contributed by atoms with E-state index in [4.69, 9.17) is 0 Å². The van der Waals surface area contributed by atoms with Crippen LogP contribution in [0.1, 0.15) is 6.42 Å². The summed E-state index contributed by atoms with van der Waals surface area (Å²) in [6.07, 6.45) is 10.0. The van der Waals surface area contributed by atoms with Crippen LogP contribution < -0.4 is 0 Å². The van der Waals surface area contributed by atoms with Gasteiger partial charge in [-0.2, -0.15) is 6.08 Å². The summed E-state index contributed by atoms with van der Waals surface area (Å²) in [6.45, 7) is 0. The van der Waals surface area contributed by atoms with E-state index in [0.717, 1.165) is 6.42 Å². The Balaban J connectivity index is -0.0000000144. The molecular formula is C10H20I2Os-6. The third-order valence-corrected chi connectivity index (χ3v) is 0.586. The molecule has 0 fully saturated rings. The number of allylic oxidation sites excluding steroid dienone is 4. The molecule has 0 saturated carbocycles. The van der Waals surface area contributed by atoms with E-state index < -0.39 is 0 Å². The molecule has 13 heavy (non-hydrogen) atoms. The number of rotatable bonds is 0. The Labute approximate surface area is 116 Å². The molecule has 1 rings (SSSR count). The summed E-state index contributed by atoms with van der Waals surface area (Å²) < 4.78 is 0. The van der Waals surface area contributed by atoms with E-state index in [1.54, 1.807) is 0 Å². The van der Waals surface area contributed by atoms with Gasteiger partial charge in [0.15, 0.2) is 0 Å². The van der Waals surface area contributed by atoms with Crippen molar-refractivity contribution in [3.63, 3.8) is 0 Å². The maximum atomic E-state index is 2.99. The predicted octanol–water partition coefficient (Wildman–Crippen LogP) is 5.33. The van der Waals surface area contributed by atoms with Crippen molar-refractivity contribution in [3.05, 3.63) is 61.4 Å². The maximum absolute atomic E-state index is 2.99. The molecule has 88 valence electrons. The van der Waals surface area contributed by atoms with Crippen LogP contribution in [0, 0.1) is 43.2 Å². The van der Waals surface area contributed by atoms with Crippen LogP contribution >= 0.6 is 39.3 Å². The average Bonchev–Trinajstić information content (AvgIpc) is 2.17. The quantitative estimate of drug-likeness (QED) is 0.267. The molecule has 0 nitrogen and oxygen atoms in total. The summed E-state index contributed by atoms with van der Waals surface area (Å²) in [5.41, 5.74) is 0. The Morgan fingerprint density at radius 3 is 1.46 bits per heavy atom. The Bertz CT molecular complexity index is 80.9. The number of halogens is 2. The molecule has 0 unspecified atom stereocenters. The zero-order valence-corrected chi connectivity index (χ0v) is 15.9. The van der Waals surface area contributed by atoms with E-state index in [-0.39, 0.29) is 37.1 Å². The molecule has 0 aliphatic heterocycles. The zero-order chi connectivity index (χ0) is 6.24. The molecule has 0 radical (unpaired) electrons. The Kier molecular flexibility index (Phi) is 105. The molecular weight excluding hydrogens is 564 g/mol. The van der Waals surface area contributed by atoms with Gasteiger partial charge in [-0.05, 0) is 0 Å². The van der Waals surface area contributed by atoms with Gasteiger partial charge in [0.25, 0.3) is 0 Å². The van der Waals surface area contributed by atoms with Crippen molar-refractivity contribution in [3.8, 4) is 0 Å². The van der Waals surface area contributed by atoms with Crippen LogP contribution in [0.15, 0.2) is 18.2 Å². The number of hydrogen-bond acceptors (Lipinski definition) is 0. The molecule has 1 aliphatic rings. The summed E-state index contributed by atoms with van der Waals surface area (Å²) in [5, 5.41) is 0. The fraction of sp³-hybridized carbons (Fsp3) is 0.100. The first-order chi connectivity index (χ1) is 3.91. The predicted molar refractivity (Wildman–Crippen MR) is 81.7 cm³/mol. The van der Waals surface area contributed by atoms with E-state index >= 15 is 0 Å². The average molecular weight is 584 g/mol. The SMILES string of the molecule is [C-]1=CC=CC1.[CH3-].[CH3-].[CH3-].[CH3-].[CH3-].[I][Os][I]. The van der Waals surface area contributed by atoms with E-state index in [2.05, 4.69) is 51.5 Å². The standard InChI is InChI=1S/C5H5.5CH3.2HI.Os/c1-2-4-5-3-1;;;;;;;;/h1-3H,4H2;5*1H3;2*1H;/q6*-1;;;+2/p-2. The van der Waals surface area contributed by atoms with Gasteiger partial charge in [-0.1, -0.05) is 0 Å². The fourth-order valence-electron chi connectivity index (χ4n) is 0.340. The van der Waals surface area contributed by atoms with Gasteiger partial charge in [-0.3, -0.25) is 6.08 Å². The van der Waals surface area contributed by atoms with E-state index in [9.17, 15) is 0 Å². The van der Waals surface area contributed by atoms with Crippen LogP contribution in [0.25, 0.3) is 0 Å². The summed E-state index contributed by atoms with van der Waals surface area (Å²) in [4.78, 5) is 0. The summed E-state index contributed by atoms with van der Waals surface area (Å²) >= 11 is 4.83. The molecule has 0 aromatic heterocycles. The van der Waals surface area contributed by atoms with Gasteiger partial charge in [0.2, 0.25) is 0 Å². The third kappa shape index (κ3) is 42.1. The van der Waals surface area contributed by atoms with Gasteiger partial charge in [-0.25, -0.2) is 12.2 Å². The second-order valence-electron chi connectivity index (χ2n) is 1.05. The normalized spacial score (nSPS) is 8.46. The Morgan fingerprint density at radius 2 is 1.38 bits per heavy atom. The van der Waals surface area contributed by atoms with Crippen LogP contribution in [-0.4, -0.2) is 0 Å². The second-order valence-corrected chi connectivity index (χ2v) is 19.6. The molecule has 0 atom stereocenters. The Morgan fingerprint density at radius 1 is 1.00 bits per heavy atom. The van der Waals surface area contributed by atoms with Gasteiger partial charge in [-0.15, -0.1) is 6.42 Å².